The van der Waals surface area contributed by atoms with Crippen LogP contribution in [-0.2, 0) is 14.4 Å². The lowest BCUT2D eigenvalue weighted by Gasteiger charge is -2.36. The molecule has 0 bridgehead atoms. The second-order valence-corrected chi connectivity index (χ2v) is 7.72. The zero-order valence-corrected chi connectivity index (χ0v) is 17.9. The van der Waals surface area contributed by atoms with Crippen molar-refractivity contribution in [1.82, 2.24) is 16.0 Å². The zero-order valence-electron chi connectivity index (χ0n) is 17.9. The Hall–Kier alpha value is -4.04. The summed E-state index contributed by atoms with van der Waals surface area (Å²) in [5, 5.41) is 36.3. The number of hydrogen-bond donors (Lipinski definition) is 7. The number of nitrogens with one attached hydrogen (secondary N) is 3. The highest BCUT2D eigenvalue weighted by molar-refractivity contribution is 6.04. The third-order valence-electron chi connectivity index (χ3n) is 5.27. The van der Waals surface area contributed by atoms with E-state index in [1.54, 1.807) is 0 Å². The number of aliphatic imine (C=N–C) groups is 2. The zero-order chi connectivity index (χ0) is 24.8. The molecule has 0 saturated heterocycles. The number of hydrogen-bond acceptors (Lipinski definition) is 10. The number of rotatable bonds is 10. The number of aliphatic hydroxyl groups is 1. The summed E-state index contributed by atoms with van der Waals surface area (Å²) in [6.45, 7) is 0.529. The highest BCUT2D eigenvalue weighted by Gasteiger charge is 2.34. The lowest BCUT2D eigenvalue weighted by atomic mass is 10.1. The van der Waals surface area contributed by atoms with E-state index >= 15 is 0 Å². The van der Waals surface area contributed by atoms with E-state index in [0.717, 1.165) is 0 Å². The van der Waals surface area contributed by atoms with E-state index in [1.807, 2.05) is 0 Å². The summed E-state index contributed by atoms with van der Waals surface area (Å²) in [5.41, 5.74) is 6.21. The van der Waals surface area contributed by atoms with E-state index < -0.39 is 42.6 Å². The Labute approximate surface area is 193 Å². The molecular weight excluding hydrogens is 450 g/mol. The van der Waals surface area contributed by atoms with Crippen LogP contribution in [0.1, 0.15) is 23.2 Å². The maximum absolute atomic E-state index is 12.4. The minimum atomic E-state index is -1.35. The summed E-state index contributed by atoms with van der Waals surface area (Å²) in [7, 11) is 0. The normalized spacial score (nSPS) is 22.2. The number of aliphatic carboxylic acids is 2. The first kappa shape index (κ1) is 24.6. The van der Waals surface area contributed by atoms with Gasteiger partial charge in [0.1, 0.15) is 17.9 Å². The molecule has 0 aromatic heterocycles. The van der Waals surface area contributed by atoms with Crippen molar-refractivity contribution in [3.8, 4) is 0 Å². The van der Waals surface area contributed by atoms with Gasteiger partial charge in [0.05, 0.1) is 6.54 Å². The number of nitrogens with zero attached hydrogens (tertiary/aromatic N) is 3. The monoisotopic (exact) mass is 475 g/mol. The van der Waals surface area contributed by atoms with Crippen LogP contribution in [0.15, 0.2) is 34.3 Å². The first-order valence-corrected chi connectivity index (χ1v) is 10.3. The maximum Gasteiger partial charge on any atom is 0.326 e. The fraction of sp³-hybridized carbons (Fsp3) is 0.400. The quantitative estimate of drug-likeness (QED) is 0.179. The van der Waals surface area contributed by atoms with E-state index in [1.165, 1.54) is 29.2 Å². The number of fused-ring (bicyclic) bond motifs is 1. The van der Waals surface area contributed by atoms with E-state index in [4.69, 9.17) is 10.8 Å². The van der Waals surface area contributed by atoms with E-state index in [9.17, 15) is 29.4 Å². The number of anilines is 1. The Balaban J connectivity index is 1.61. The number of nitrogens with two attached hydrogens (primary N) is 1. The number of amidine groups is 1. The molecule has 2 heterocycles. The van der Waals surface area contributed by atoms with Crippen LogP contribution in [0, 0.1) is 0 Å². The third kappa shape index (κ3) is 6.05. The van der Waals surface area contributed by atoms with Crippen molar-refractivity contribution < 1.29 is 34.5 Å². The molecule has 182 valence electrons. The number of benzene rings is 1. The number of guanidine groups is 1. The fourth-order valence-corrected chi connectivity index (χ4v) is 3.55. The Kier molecular flexibility index (Phi) is 7.75. The van der Waals surface area contributed by atoms with Gasteiger partial charge >= 0.3 is 11.9 Å². The number of carbonyl (C=O) groups excluding carboxylic acids is 2. The summed E-state index contributed by atoms with van der Waals surface area (Å²) in [5.74, 6) is -2.66. The molecule has 34 heavy (non-hydrogen) atoms. The van der Waals surface area contributed by atoms with Crippen molar-refractivity contribution in [2.75, 3.05) is 18.0 Å². The predicted octanol–water partition coefficient (Wildman–Crippen LogP) is -2.33. The fourth-order valence-electron chi connectivity index (χ4n) is 3.55. The molecule has 14 heteroatoms. The van der Waals surface area contributed by atoms with Crippen LogP contribution >= 0.6 is 0 Å². The second-order valence-electron chi connectivity index (χ2n) is 7.72. The Morgan fingerprint density at radius 3 is 2.59 bits per heavy atom. The second kappa shape index (κ2) is 10.7. The lowest BCUT2D eigenvalue weighted by molar-refractivity contribution is -0.140. The minimum absolute atomic E-state index is 0.0676. The van der Waals surface area contributed by atoms with Crippen LogP contribution in [0.5, 0.6) is 0 Å². The van der Waals surface area contributed by atoms with Gasteiger partial charge in [-0.1, -0.05) is 0 Å². The van der Waals surface area contributed by atoms with Gasteiger partial charge in [-0.25, -0.2) is 9.79 Å². The van der Waals surface area contributed by atoms with Gasteiger partial charge in [0.2, 0.25) is 6.41 Å². The van der Waals surface area contributed by atoms with Crippen LogP contribution in [0.2, 0.25) is 0 Å². The summed E-state index contributed by atoms with van der Waals surface area (Å²) in [6.07, 6.45) is -1.15. The smallest absolute Gasteiger partial charge is 0.326 e. The molecule has 1 aromatic rings. The molecule has 4 atom stereocenters. The van der Waals surface area contributed by atoms with Gasteiger partial charge in [-0.05, 0) is 30.7 Å². The number of carboxylic acids is 2. The van der Waals surface area contributed by atoms with Gasteiger partial charge in [-0.3, -0.25) is 24.7 Å². The molecular formula is C20H25N7O7. The van der Waals surface area contributed by atoms with E-state index in [0.29, 0.717) is 24.5 Å². The van der Waals surface area contributed by atoms with Crippen LogP contribution in [0.3, 0.4) is 0 Å². The van der Waals surface area contributed by atoms with Crippen molar-refractivity contribution in [1.29, 1.82) is 0 Å². The summed E-state index contributed by atoms with van der Waals surface area (Å²) < 4.78 is 0. The highest BCUT2D eigenvalue weighted by atomic mass is 16.4. The molecule has 0 saturated carbocycles. The maximum atomic E-state index is 12.4. The average molecular weight is 475 g/mol. The van der Waals surface area contributed by atoms with Gasteiger partial charge in [0.15, 0.2) is 12.2 Å². The van der Waals surface area contributed by atoms with Crippen LogP contribution in [0.25, 0.3) is 0 Å². The Morgan fingerprint density at radius 2 is 1.97 bits per heavy atom. The molecule has 0 radical (unpaired) electrons. The number of carbonyl (C=O) groups is 4. The lowest BCUT2D eigenvalue weighted by Crippen LogP contribution is -2.64. The molecule has 0 fully saturated rings. The van der Waals surface area contributed by atoms with Gasteiger partial charge in [0.25, 0.3) is 5.91 Å². The molecule has 14 nitrogen and oxygen atoms in total. The molecule has 2 aliphatic heterocycles. The predicted molar refractivity (Wildman–Crippen MR) is 119 cm³/mol. The van der Waals surface area contributed by atoms with E-state index in [-0.39, 0.29) is 30.5 Å². The third-order valence-corrected chi connectivity index (χ3v) is 5.27. The first-order valence-electron chi connectivity index (χ1n) is 10.3. The van der Waals surface area contributed by atoms with E-state index in [2.05, 4.69) is 25.9 Å². The highest BCUT2D eigenvalue weighted by Crippen LogP contribution is 2.17. The molecule has 1 aromatic carbocycles. The van der Waals surface area contributed by atoms with Crippen LogP contribution in [-0.4, -0.2) is 88.8 Å². The first-order chi connectivity index (χ1) is 16.2. The van der Waals surface area contributed by atoms with Gasteiger partial charge in [-0.2, -0.15) is 0 Å². The number of carboxylic acid groups (broad SMARTS) is 2. The molecule has 2 unspecified atom stereocenters. The standard InChI is InChI=1S/C20H25N7O7/c21-20-25-16-15(18(32)26-20)23-11(7-22-16)8-27(9-28)12-3-1-10(2-4-12)17(31)24-13(19(33)34)5-6-14(29)30/h1-4,9,11,13,15,18,23,32H,5-8H2,(H,24,31)(H,29,30)(H,33,34)(H3,21,22,25,26)/t11-,13-,15?,18?/m1/s1. The molecule has 0 spiro atoms. The average Bonchev–Trinajstić information content (AvgIpc) is 2.80. The Morgan fingerprint density at radius 1 is 1.26 bits per heavy atom. The Bertz CT molecular complexity index is 1010. The van der Waals surface area contributed by atoms with Gasteiger partial charge in [0, 0.05) is 30.3 Å². The SMILES string of the molecule is NC1=NC(O)C2N[C@@H](CN(C=O)c3ccc(C(=O)N[C@H](CCC(=O)O)C(=O)O)cc3)CN=C2N1. The number of amides is 2. The summed E-state index contributed by atoms with van der Waals surface area (Å²) >= 11 is 0. The minimum Gasteiger partial charge on any atom is -0.481 e. The molecule has 3 rings (SSSR count). The van der Waals surface area contributed by atoms with Crippen molar-refractivity contribution in [3.05, 3.63) is 29.8 Å². The molecule has 2 amide bonds. The van der Waals surface area contributed by atoms with Crippen molar-refractivity contribution >= 4 is 41.7 Å². The van der Waals surface area contributed by atoms with Gasteiger partial charge < -0.3 is 36.6 Å². The largest absolute Gasteiger partial charge is 0.481 e. The molecule has 0 aliphatic carbocycles. The molecule has 2 aliphatic rings. The van der Waals surface area contributed by atoms with Gasteiger partial charge in [-0.15, -0.1) is 0 Å². The summed E-state index contributed by atoms with van der Waals surface area (Å²) in [4.78, 5) is 55.6. The topological polar surface area (TPSA) is 219 Å². The van der Waals surface area contributed by atoms with Crippen molar-refractivity contribution in [2.45, 2.75) is 37.2 Å². The summed E-state index contributed by atoms with van der Waals surface area (Å²) in [6, 6.07) is 3.67. The van der Waals surface area contributed by atoms with Crippen molar-refractivity contribution in [3.63, 3.8) is 0 Å². The van der Waals surface area contributed by atoms with Crippen molar-refractivity contribution in [2.24, 2.45) is 15.7 Å². The van der Waals surface area contributed by atoms with Crippen LogP contribution < -0.4 is 26.6 Å². The number of aliphatic hydroxyl groups excluding tert-OH is 1. The molecule has 8 N–H and O–H groups in total. The van der Waals surface area contributed by atoms with Crippen LogP contribution in [0.4, 0.5) is 5.69 Å².